The van der Waals surface area contributed by atoms with Crippen LogP contribution >= 0.6 is 23.5 Å². The lowest BCUT2D eigenvalue weighted by Gasteiger charge is -2.26. The van der Waals surface area contributed by atoms with Gasteiger partial charge in [-0.2, -0.15) is 23.5 Å². The predicted molar refractivity (Wildman–Crippen MR) is 155 cm³/mol. The Kier molecular flexibility index (Phi) is 17.3. The van der Waals surface area contributed by atoms with Gasteiger partial charge in [-0.15, -0.1) is 0 Å². The molecule has 2 saturated heterocycles. The lowest BCUT2D eigenvalue weighted by molar-refractivity contribution is -0.157. The second-order valence-electron chi connectivity index (χ2n) is 10.8. The van der Waals surface area contributed by atoms with Crippen LogP contribution in [0.3, 0.4) is 0 Å². The first-order valence-electron chi connectivity index (χ1n) is 14.4. The first kappa shape index (κ1) is 32.7. The fourth-order valence-electron chi connectivity index (χ4n) is 4.45. The second-order valence-corrected chi connectivity index (χ2v) is 13.1. The molecule has 4 unspecified atom stereocenters. The number of piperidine rings is 2. The largest absolute Gasteiger partial charge is 0.463 e. The molecule has 4 atom stereocenters. The van der Waals surface area contributed by atoms with Gasteiger partial charge in [-0.05, 0) is 65.7 Å². The highest BCUT2D eigenvalue weighted by Gasteiger charge is 2.20. The molecule has 0 saturated carbocycles. The molecule has 2 heterocycles. The first-order valence-corrected chi connectivity index (χ1v) is 16.7. The van der Waals surface area contributed by atoms with E-state index in [0.29, 0.717) is 6.61 Å². The molecule has 0 N–H and O–H groups in total. The summed E-state index contributed by atoms with van der Waals surface area (Å²) in [6, 6.07) is 0. The number of hydrogen-bond donors (Lipinski definition) is 0. The summed E-state index contributed by atoms with van der Waals surface area (Å²) in [5.41, 5.74) is 0. The average molecular weight is 561 g/mol. The smallest absolute Gasteiger partial charge is 0.309 e. The highest BCUT2D eigenvalue weighted by atomic mass is 32.2. The van der Waals surface area contributed by atoms with E-state index in [1.165, 1.54) is 64.7 Å². The van der Waals surface area contributed by atoms with Crippen molar-refractivity contribution in [2.45, 2.75) is 78.4 Å². The van der Waals surface area contributed by atoms with E-state index < -0.39 is 0 Å². The Hall–Kier alpha value is -0.480. The van der Waals surface area contributed by atoms with Gasteiger partial charge in [0.2, 0.25) is 0 Å². The van der Waals surface area contributed by atoms with Crippen molar-refractivity contribution in [1.29, 1.82) is 0 Å². The minimum atomic E-state index is -0.332. The number of thioether (sulfide) groups is 2. The topological polar surface area (TPSA) is 68.3 Å². The molecule has 2 aliphatic heterocycles. The molecule has 0 aromatic carbocycles. The van der Waals surface area contributed by atoms with Crippen molar-refractivity contribution in [1.82, 2.24) is 9.80 Å². The number of esters is 2. The summed E-state index contributed by atoms with van der Waals surface area (Å²) in [4.78, 5) is 29.8. The maximum atomic E-state index is 12.4. The van der Waals surface area contributed by atoms with Crippen LogP contribution in [0.5, 0.6) is 0 Å². The minimum Gasteiger partial charge on any atom is -0.463 e. The molecule has 2 aliphatic rings. The second kappa shape index (κ2) is 19.6. The molecule has 9 heteroatoms. The highest BCUT2D eigenvalue weighted by molar-refractivity contribution is 7.99. The first-order chi connectivity index (χ1) is 17.8. The van der Waals surface area contributed by atoms with Gasteiger partial charge < -0.3 is 24.0 Å². The van der Waals surface area contributed by atoms with Crippen molar-refractivity contribution < 1.29 is 23.8 Å². The Morgan fingerprint density at radius 3 is 1.68 bits per heavy atom. The Morgan fingerprint density at radius 1 is 0.676 bits per heavy atom. The zero-order valence-corrected chi connectivity index (χ0v) is 25.4. The molecule has 0 amide bonds. The molecule has 0 aromatic heterocycles. The Bertz CT molecular complexity index is 630. The van der Waals surface area contributed by atoms with Gasteiger partial charge in [-0.1, -0.05) is 26.7 Å². The predicted octanol–water partition coefficient (Wildman–Crippen LogP) is 4.58. The van der Waals surface area contributed by atoms with Crippen molar-refractivity contribution in [3.63, 3.8) is 0 Å². The van der Waals surface area contributed by atoms with Crippen molar-refractivity contribution >= 4 is 35.5 Å². The SMILES string of the molecule is CC(COC(=O)C(C)CSCCN1CCCCC1)OCC(C)OC(=O)C(C)CSCCN1CCCCC1. The third-order valence-electron chi connectivity index (χ3n) is 6.93. The quantitative estimate of drug-likeness (QED) is 0.177. The fourth-order valence-corrected chi connectivity index (χ4v) is 6.53. The number of nitrogens with zero attached hydrogens (tertiary/aromatic N) is 2. The van der Waals surface area contributed by atoms with Crippen LogP contribution in [0.2, 0.25) is 0 Å². The van der Waals surface area contributed by atoms with Gasteiger partial charge in [0.05, 0.1) is 24.5 Å². The van der Waals surface area contributed by atoms with Crippen LogP contribution in [0.1, 0.15) is 66.2 Å². The maximum absolute atomic E-state index is 12.4. The normalized spacial score (nSPS) is 20.6. The van der Waals surface area contributed by atoms with Crippen LogP contribution in [-0.2, 0) is 23.8 Å². The molecular formula is C28H52N2O5S2. The van der Waals surface area contributed by atoms with E-state index in [4.69, 9.17) is 14.2 Å². The summed E-state index contributed by atoms with van der Waals surface area (Å²) >= 11 is 3.65. The Morgan fingerprint density at radius 2 is 1.16 bits per heavy atom. The number of likely N-dealkylation sites (tertiary alicyclic amines) is 2. The third-order valence-corrected chi connectivity index (χ3v) is 9.35. The number of carbonyl (C=O) groups is 2. The van der Waals surface area contributed by atoms with Gasteiger partial charge in [0.25, 0.3) is 0 Å². The van der Waals surface area contributed by atoms with Gasteiger partial charge in [0, 0.05) is 36.1 Å². The minimum absolute atomic E-state index is 0.127. The lowest BCUT2D eigenvalue weighted by Crippen LogP contribution is -2.32. The molecule has 2 fully saturated rings. The summed E-state index contributed by atoms with van der Waals surface area (Å²) in [6.45, 7) is 15.1. The van der Waals surface area contributed by atoms with Crippen molar-refractivity contribution in [3.8, 4) is 0 Å². The molecule has 0 aromatic rings. The van der Waals surface area contributed by atoms with Crippen molar-refractivity contribution in [3.05, 3.63) is 0 Å². The van der Waals surface area contributed by atoms with Crippen LogP contribution in [0.25, 0.3) is 0 Å². The van der Waals surface area contributed by atoms with Gasteiger partial charge in [0.15, 0.2) is 0 Å². The zero-order valence-electron chi connectivity index (χ0n) is 23.8. The molecular weight excluding hydrogens is 508 g/mol. The summed E-state index contributed by atoms with van der Waals surface area (Å²) in [7, 11) is 0. The van der Waals surface area contributed by atoms with E-state index in [2.05, 4.69) is 9.80 Å². The van der Waals surface area contributed by atoms with E-state index in [-0.39, 0.29) is 42.6 Å². The van der Waals surface area contributed by atoms with Gasteiger partial charge in [-0.3, -0.25) is 9.59 Å². The van der Waals surface area contributed by atoms with E-state index in [1.807, 2.05) is 51.2 Å². The molecule has 37 heavy (non-hydrogen) atoms. The molecule has 216 valence electrons. The number of ether oxygens (including phenoxy) is 3. The Labute approximate surface area is 234 Å². The number of hydrogen-bond acceptors (Lipinski definition) is 9. The van der Waals surface area contributed by atoms with Crippen LogP contribution in [0, 0.1) is 11.8 Å². The summed E-state index contributed by atoms with van der Waals surface area (Å²) in [5.74, 6) is 3.07. The molecule has 0 radical (unpaired) electrons. The highest BCUT2D eigenvalue weighted by Crippen LogP contribution is 2.15. The van der Waals surface area contributed by atoms with E-state index in [0.717, 1.165) is 36.1 Å². The van der Waals surface area contributed by atoms with Crippen LogP contribution in [-0.4, -0.2) is 109 Å². The molecule has 2 rings (SSSR count). The van der Waals surface area contributed by atoms with Crippen LogP contribution in [0.4, 0.5) is 0 Å². The molecule has 7 nitrogen and oxygen atoms in total. The summed E-state index contributed by atoms with van der Waals surface area (Å²) in [6.07, 6.45) is 7.38. The van der Waals surface area contributed by atoms with Crippen molar-refractivity contribution in [2.75, 3.05) is 75.5 Å². The van der Waals surface area contributed by atoms with Gasteiger partial charge >= 0.3 is 11.9 Å². The summed E-state index contributed by atoms with van der Waals surface area (Å²) < 4.78 is 16.8. The van der Waals surface area contributed by atoms with Crippen LogP contribution < -0.4 is 0 Å². The average Bonchev–Trinajstić information content (AvgIpc) is 2.91. The molecule has 0 aliphatic carbocycles. The molecule has 0 spiro atoms. The maximum Gasteiger partial charge on any atom is 0.309 e. The zero-order chi connectivity index (χ0) is 26.9. The lowest BCUT2D eigenvalue weighted by atomic mass is 10.1. The van der Waals surface area contributed by atoms with Gasteiger partial charge in [0.1, 0.15) is 12.7 Å². The standard InChI is InChI=1S/C28H52N2O5S2/c1-23(21-36-17-15-29-11-7-5-8-12-29)27(31)34-19-25(3)33-20-26(4)35-28(32)24(2)22-37-18-16-30-13-9-6-10-14-30/h23-26H,5-22H2,1-4H3. The monoisotopic (exact) mass is 560 g/mol. The number of carbonyl (C=O) groups excluding carboxylic acids is 2. The third kappa shape index (κ3) is 15.0. The van der Waals surface area contributed by atoms with Gasteiger partial charge in [-0.25, -0.2) is 0 Å². The van der Waals surface area contributed by atoms with Crippen LogP contribution in [0.15, 0.2) is 0 Å². The Balaban J connectivity index is 1.47. The summed E-state index contributed by atoms with van der Waals surface area (Å²) in [5, 5.41) is 0. The van der Waals surface area contributed by atoms with E-state index >= 15 is 0 Å². The van der Waals surface area contributed by atoms with E-state index in [1.54, 1.807) is 0 Å². The van der Waals surface area contributed by atoms with E-state index in [9.17, 15) is 9.59 Å². The molecule has 0 bridgehead atoms. The van der Waals surface area contributed by atoms with Crippen molar-refractivity contribution in [2.24, 2.45) is 11.8 Å². The number of rotatable bonds is 18. The fraction of sp³-hybridized carbons (Fsp3) is 0.929.